The van der Waals surface area contributed by atoms with Crippen LogP contribution in [0.5, 0.6) is 11.5 Å². The monoisotopic (exact) mass is 482 g/mol. The molecule has 2 aromatic carbocycles. The van der Waals surface area contributed by atoms with Crippen LogP contribution in [-0.2, 0) is 9.53 Å². The Morgan fingerprint density at radius 3 is 2.59 bits per heavy atom. The van der Waals surface area contributed by atoms with E-state index in [0.29, 0.717) is 32.1 Å². The average molecular weight is 483 g/mol. The summed E-state index contributed by atoms with van der Waals surface area (Å²) in [6, 6.07) is 10.4. The van der Waals surface area contributed by atoms with Gasteiger partial charge in [-0.1, -0.05) is 35.6 Å². The molecule has 1 atom stereocenters. The van der Waals surface area contributed by atoms with Crippen LogP contribution in [0.3, 0.4) is 0 Å². The summed E-state index contributed by atoms with van der Waals surface area (Å²) in [5, 5.41) is 0. The predicted molar refractivity (Wildman–Crippen MR) is 126 cm³/mol. The van der Waals surface area contributed by atoms with Crippen LogP contribution in [0, 0.1) is 5.82 Å². The Kier molecular flexibility index (Phi) is 6.65. The molecule has 1 aliphatic heterocycles. The number of benzene rings is 2. The quantitative estimate of drug-likeness (QED) is 0.505. The molecule has 0 spiro atoms. The first-order valence-corrected chi connectivity index (χ1v) is 11.4. The van der Waals surface area contributed by atoms with Gasteiger partial charge in [0.1, 0.15) is 11.9 Å². The lowest BCUT2D eigenvalue weighted by molar-refractivity contribution is -0.139. The van der Waals surface area contributed by atoms with Crippen LogP contribution in [0.2, 0.25) is 0 Å². The molecule has 0 amide bonds. The molecule has 34 heavy (non-hydrogen) atoms. The Labute approximate surface area is 199 Å². The Bertz CT molecular complexity index is 1470. The van der Waals surface area contributed by atoms with Gasteiger partial charge in [-0.3, -0.25) is 9.36 Å². The van der Waals surface area contributed by atoms with E-state index in [4.69, 9.17) is 14.2 Å². The molecule has 0 radical (unpaired) electrons. The van der Waals surface area contributed by atoms with E-state index in [9.17, 15) is 14.0 Å². The molecule has 1 unspecified atom stereocenters. The van der Waals surface area contributed by atoms with Gasteiger partial charge in [0.25, 0.3) is 5.56 Å². The first kappa shape index (κ1) is 23.4. The van der Waals surface area contributed by atoms with E-state index in [0.717, 1.165) is 11.3 Å². The minimum absolute atomic E-state index is 0.136. The molecule has 2 heterocycles. The van der Waals surface area contributed by atoms with Gasteiger partial charge in [-0.2, -0.15) is 0 Å². The van der Waals surface area contributed by atoms with Gasteiger partial charge in [0.05, 0.1) is 36.6 Å². The van der Waals surface area contributed by atoms with Gasteiger partial charge in [-0.15, -0.1) is 0 Å². The van der Waals surface area contributed by atoms with E-state index in [2.05, 4.69) is 4.99 Å². The van der Waals surface area contributed by atoms with E-state index >= 15 is 0 Å². The standard InChI is InChI=1S/C25H23FN2O5S/c1-5-33-24(30)21-14(2)27-25-28(22(21)16-8-6-7-9-17(16)26)23(29)20(34-25)13-15-10-11-18(31-3)19(12-15)32-4/h6-13,22H,5H2,1-4H3. The maximum Gasteiger partial charge on any atom is 0.338 e. The van der Waals surface area contributed by atoms with Crippen molar-refractivity contribution in [1.29, 1.82) is 0 Å². The second-order valence-electron chi connectivity index (χ2n) is 7.44. The largest absolute Gasteiger partial charge is 0.493 e. The molecule has 0 bridgehead atoms. The van der Waals surface area contributed by atoms with Gasteiger partial charge in [0.15, 0.2) is 16.3 Å². The molecule has 0 aliphatic carbocycles. The fourth-order valence-corrected chi connectivity index (χ4v) is 4.92. The molecule has 1 aromatic heterocycles. The predicted octanol–water partition coefficient (Wildman–Crippen LogP) is 2.95. The highest BCUT2D eigenvalue weighted by Gasteiger charge is 2.34. The average Bonchev–Trinajstić information content (AvgIpc) is 3.13. The molecular weight excluding hydrogens is 459 g/mol. The van der Waals surface area contributed by atoms with E-state index < -0.39 is 17.8 Å². The summed E-state index contributed by atoms with van der Waals surface area (Å²) in [4.78, 5) is 31.3. The van der Waals surface area contributed by atoms with Gasteiger partial charge in [0.2, 0.25) is 0 Å². The van der Waals surface area contributed by atoms with Crippen molar-refractivity contribution in [3.05, 3.63) is 90.4 Å². The minimum Gasteiger partial charge on any atom is -0.493 e. The zero-order valence-corrected chi connectivity index (χ0v) is 19.9. The summed E-state index contributed by atoms with van der Waals surface area (Å²) in [5.74, 6) is -0.0753. The summed E-state index contributed by atoms with van der Waals surface area (Å²) < 4.78 is 32.5. The number of rotatable bonds is 6. The number of hydrogen-bond donors (Lipinski definition) is 0. The van der Waals surface area contributed by atoms with Crippen molar-refractivity contribution in [2.75, 3.05) is 20.8 Å². The van der Waals surface area contributed by atoms with Crippen LogP contribution in [0.25, 0.3) is 6.08 Å². The number of carbonyl (C=O) groups is 1. The lowest BCUT2D eigenvalue weighted by Crippen LogP contribution is -2.40. The fraction of sp³-hybridized carbons (Fsp3) is 0.240. The van der Waals surface area contributed by atoms with Gasteiger partial charge >= 0.3 is 5.97 Å². The van der Waals surface area contributed by atoms with Gasteiger partial charge in [-0.25, -0.2) is 14.2 Å². The van der Waals surface area contributed by atoms with E-state index in [1.54, 1.807) is 63.4 Å². The second-order valence-corrected chi connectivity index (χ2v) is 8.45. The van der Waals surface area contributed by atoms with Crippen molar-refractivity contribution in [2.24, 2.45) is 4.99 Å². The molecule has 0 N–H and O–H groups in total. The SMILES string of the molecule is CCOC(=O)C1=C(C)N=c2sc(=Cc3ccc(OC)c(OC)c3)c(=O)n2C1c1ccccc1F. The number of allylic oxidation sites excluding steroid dienone is 1. The summed E-state index contributed by atoms with van der Waals surface area (Å²) in [6.07, 6.45) is 1.70. The lowest BCUT2D eigenvalue weighted by atomic mass is 9.95. The molecule has 4 rings (SSSR count). The van der Waals surface area contributed by atoms with Crippen molar-refractivity contribution in [3.8, 4) is 11.5 Å². The van der Waals surface area contributed by atoms with E-state index in [-0.39, 0.29) is 23.3 Å². The van der Waals surface area contributed by atoms with Gasteiger partial charge in [-0.05, 0) is 43.7 Å². The Morgan fingerprint density at radius 2 is 1.91 bits per heavy atom. The fourth-order valence-electron chi connectivity index (χ4n) is 3.88. The first-order valence-electron chi connectivity index (χ1n) is 10.6. The highest BCUT2D eigenvalue weighted by atomic mass is 32.1. The number of hydrogen-bond acceptors (Lipinski definition) is 7. The zero-order valence-electron chi connectivity index (χ0n) is 19.1. The number of fused-ring (bicyclic) bond motifs is 1. The number of carbonyl (C=O) groups excluding carboxylic acids is 1. The smallest absolute Gasteiger partial charge is 0.338 e. The molecule has 0 saturated carbocycles. The number of aromatic nitrogens is 1. The van der Waals surface area contributed by atoms with Crippen LogP contribution in [-0.4, -0.2) is 31.4 Å². The maximum atomic E-state index is 14.9. The van der Waals surface area contributed by atoms with Crippen LogP contribution in [0.15, 0.2) is 63.5 Å². The number of esters is 1. The maximum absolute atomic E-state index is 14.9. The molecule has 9 heteroatoms. The van der Waals surface area contributed by atoms with Crippen LogP contribution in [0.4, 0.5) is 4.39 Å². The molecule has 0 fully saturated rings. The third-order valence-corrected chi connectivity index (χ3v) is 6.41. The summed E-state index contributed by atoms with van der Waals surface area (Å²) >= 11 is 1.16. The molecule has 7 nitrogen and oxygen atoms in total. The van der Waals surface area contributed by atoms with Gasteiger partial charge in [0, 0.05) is 5.56 Å². The Hall–Kier alpha value is -3.72. The number of thiazole rings is 1. The normalized spacial score (nSPS) is 15.6. The van der Waals surface area contributed by atoms with Gasteiger partial charge < -0.3 is 14.2 Å². The molecule has 1 aliphatic rings. The Morgan fingerprint density at radius 1 is 1.18 bits per heavy atom. The summed E-state index contributed by atoms with van der Waals surface area (Å²) in [5.41, 5.74) is 1.04. The topological polar surface area (TPSA) is 79.1 Å². The van der Waals surface area contributed by atoms with E-state index in [1.807, 2.05) is 0 Å². The summed E-state index contributed by atoms with van der Waals surface area (Å²) in [6.45, 7) is 3.49. The minimum atomic E-state index is -0.996. The second kappa shape index (κ2) is 9.64. The van der Waals surface area contributed by atoms with Crippen LogP contribution >= 0.6 is 11.3 Å². The molecule has 0 saturated heterocycles. The summed E-state index contributed by atoms with van der Waals surface area (Å²) in [7, 11) is 3.07. The number of ether oxygens (including phenoxy) is 3. The third kappa shape index (κ3) is 4.14. The van der Waals surface area contributed by atoms with Crippen molar-refractivity contribution in [3.63, 3.8) is 0 Å². The molecule has 3 aromatic rings. The van der Waals surface area contributed by atoms with Crippen molar-refractivity contribution in [2.45, 2.75) is 19.9 Å². The molecular formula is C25H23FN2O5S. The lowest BCUT2D eigenvalue weighted by Gasteiger charge is -2.24. The van der Waals surface area contributed by atoms with Crippen LogP contribution < -0.4 is 24.4 Å². The first-order chi connectivity index (χ1) is 16.4. The molecule has 176 valence electrons. The van der Waals surface area contributed by atoms with Crippen molar-refractivity contribution < 1.29 is 23.4 Å². The third-order valence-electron chi connectivity index (χ3n) is 5.42. The van der Waals surface area contributed by atoms with Crippen molar-refractivity contribution >= 4 is 23.4 Å². The van der Waals surface area contributed by atoms with Crippen LogP contribution in [0.1, 0.15) is 31.0 Å². The number of nitrogens with zero attached hydrogens (tertiary/aromatic N) is 2. The number of halogens is 1. The highest BCUT2D eigenvalue weighted by molar-refractivity contribution is 7.07. The number of methoxy groups -OCH3 is 2. The highest BCUT2D eigenvalue weighted by Crippen LogP contribution is 2.32. The Balaban J connectivity index is 1.95. The van der Waals surface area contributed by atoms with Crippen molar-refractivity contribution in [1.82, 2.24) is 4.57 Å². The van der Waals surface area contributed by atoms with E-state index in [1.165, 1.54) is 17.7 Å². The zero-order chi connectivity index (χ0) is 24.4.